The number of nitrogens with zero attached hydrogens (tertiary/aromatic N) is 2. The average molecular weight is 248 g/mol. The first kappa shape index (κ1) is 13.9. The van der Waals surface area contributed by atoms with E-state index in [0.717, 1.165) is 6.42 Å². The molecule has 0 saturated carbocycles. The Balaban J connectivity index is 2.87. The Hall–Kier alpha value is -2.17. The maximum atomic E-state index is 12.1. The lowest BCUT2D eigenvalue weighted by atomic mass is 10.2. The van der Waals surface area contributed by atoms with Crippen molar-refractivity contribution in [3.8, 4) is 0 Å². The molecule has 1 aromatic rings. The van der Waals surface area contributed by atoms with Crippen LogP contribution in [0.5, 0.6) is 0 Å². The summed E-state index contributed by atoms with van der Waals surface area (Å²) in [4.78, 5) is 28.2. The molecule has 18 heavy (non-hydrogen) atoms. The summed E-state index contributed by atoms with van der Waals surface area (Å²) in [5.74, 6) is -1.27. The molecule has 0 fully saturated rings. The van der Waals surface area contributed by atoms with Crippen molar-refractivity contribution in [1.29, 1.82) is 0 Å². The minimum atomic E-state index is -1.06. The second-order valence-corrected chi connectivity index (χ2v) is 3.78. The van der Waals surface area contributed by atoms with Gasteiger partial charge in [0.1, 0.15) is 5.69 Å². The van der Waals surface area contributed by atoms with Gasteiger partial charge in [-0.3, -0.25) is 9.78 Å². The Bertz CT molecular complexity index is 440. The largest absolute Gasteiger partial charge is 0.478 e. The van der Waals surface area contributed by atoms with Crippen molar-refractivity contribution >= 4 is 11.9 Å². The number of carboxylic acid groups (broad SMARTS) is 1. The van der Waals surface area contributed by atoms with Crippen LogP contribution in [0, 0.1) is 0 Å². The van der Waals surface area contributed by atoms with Gasteiger partial charge in [-0.25, -0.2) is 4.79 Å². The normalized spacial score (nSPS) is 9.83. The predicted molar refractivity (Wildman–Crippen MR) is 67.6 cm³/mol. The molecule has 5 heteroatoms. The summed E-state index contributed by atoms with van der Waals surface area (Å²) >= 11 is 0. The van der Waals surface area contributed by atoms with Crippen LogP contribution in [-0.4, -0.2) is 40.0 Å². The van der Waals surface area contributed by atoms with Crippen LogP contribution in [-0.2, 0) is 0 Å². The Morgan fingerprint density at radius 3 is 2.67 bits per heavy atom. The summed E-state index contributed by atoms with van der Waals surface area (Å²) < 4.78 is 0. The summed E-state index contributed by atoms with van der Waals surface area (Å²) in [7, 11) is 0. The highest BCUT2D eigenvalue weighted by molar-refractivity contribution is 5.93. The molecular weight excluding hydrogens is 232 g/mol. The molecule has 0 unspecified atom stereocenters. The number of carbonyl (C=O) groups excluding carboxylic acids is 1. The van der Waals surface area contributed by atoms with Crippen molar-refractivity contribution < 1.29 is 14.7 Å². The monoisotopic (exact) mass is 248 g/mol. The first-order chi connectivity index (χ1) is 8.60. The van der Waals surface area contributed by atoms with E-state index in [-0.39, 0.29) is 17.2 Å². The number of carbonyl (C=O) groups is 2. The van der Waals surface area contributed by atoms with Crippen LogP contribution < -0.4 is 0 Å². The first-order valence-corrected chi connectivity index (χ1v) is 5.69. The summed E-state index contributed by atoms with van der Waals surface area (Å²) in [5.41, 5.74) is 0.313. The average Bonchev–Trinajstić information content (AvgIpc) is 2.38. The molecule has 5 nitrogen and oxygen atoms in total. The molecule has 0 aliphatic heterocycles. The molecule has 1 aromatic heterocycles. The zero-order valence-electron chi connectivity index (χ0n) is 10.3. The van der Waals surface area contributed by atoms with E-state index in [1.165, 1.54) is 18.3 Å². The zero-order chi connectivity index (χ0) is 13.5. The second kappa shape index (κ2) is 6.54. The third kappa shape index (κ3) is 3.41. The third-order valence-corrected chi connectivity index (χ3v) is 2.36. The van der Waals surface area contributed by atoms with E-state index in [0.29, 0.717) is 13.1 Å². The predicted octanol–water partition coefficient (Wildman–Crippen LogP) is 1.82. The van der Waals surface area contributed by atoms with Crippen molar-refractivity contribution in [3.63, 3.8) is 0 Å². The van der Waals surface area contributed by atoms with E-state index in [2.05, 4.69) is 11.6 Å². The molecule has 0 bridgehead atoms. The van der Waals surface area contributed by atoms with E-state index in [1.54, 1.807) is 11.0 Å². The summed E-state index contributed by atoms with van der Waals surface area (Å²) in [6.45, 7) is 6.65. The quantitative estimate of drug-likeness (QED) is 0.779. The Morgan fingerprint density at radius 1 is 1.50 bits per heavy atom. The fourth-order valence-corrected chi connectivity index (χ4v) is 1.51. The van der Waals surface area contributed by atoms with Gasteiger partial charge in [0.05, 0.1) is 5.56 Å². The Labute approximate surface area is 106 Å². The van der Waals surface area contributed by atoms with Crippen LogP contribution in [0.25, 0.3) is 0 Å². The highest BCUT2D eigenvalue weighted by Crippen LogP contribution is 2.05. The van der Waals surface area contributed by atoms with Crippen molar-refractivity contribution in [2.24, 2.45) is 0 Å². The maximum Gasteiger partial charge on any atom is 0.337 e. The van der Waals surface area contributed by atoms with Crippen LogP contribution >= 0.6 is 0 Å². The Kier molecular flexibility index (Phi) is 5.05. The van der Waals surface area contributed by atoms with Gasteiger partial charge in [-0.15, -0.1) is 6.58 Å². The lowest BCUT2D eigenvalue weighted by molar-refractivity contribution is 0.0693. The van der Waals surface area contributed by atoms with Gasteiger partial charge in [-0.1, -0.05) is 13.0 Å². The highest BCUT2D eigenvalue weighted by Gasteiger charge is 2.15. The van der Waals surface area contributed by atoms with Gasteiger partial charge in [0.2, 0.25) is 0 Å². The Morgan fingerprint density at radius 2 is 2.22 bits per heavy atom. The van der Waals surface area contributed by atoms with E-state index < -0.39 is 5.97 Å². The van der Waals surface area contributed by atoms with Gasteiger partial charge in [0.25, 0.3) is 5.91 Å². The summed E-state index contributed by atoms with van der Waals surface area (Å²) in [6.07, 6.45) is 3.68. The standard InChI is InChI=1S/C13H16N2O3/c1-3-7-15(8-4-2)12(16)11-6-5-10(9-14-11)13(17)18/h3,5-6,9H,1,4,7-8H2,2H3,(H,17,18). The molecule has 1 heterocycles. The van der Waals surface area contributed by atoms with Crippen LogP contribution in [0.15, 0.2) is 31.0 Å². The molecule has 1 rings (SSSR count). The molecule has 1 amide bonds. The second-order valence-electron chi connectivity index (χ2n) is 3.78. The van der Waals surface area contributed by atoms with Crippen LogP contribution in [0.1, 0.15) is 34.2 Å². The number of pyridine rings is 1. The molecule has 0 saturated heterocycles. The van der Waals surface area contributed by atoms with Crippen LogP contribution in [0.3, 0.4) is 0 Å². The third-order valence-electron chi connectivity index (χ3n) is 2.36. The number of hydrogen-bond donors (Lipinski definition) is 1. The van der Waals surface area contributed by atoms with Gasteiger partial charge in [0.15, 0.2) is 0 Å². The number of rotatable bonds is 6. The lowest BCUT2D eigenvalue weighted by Crippen LogP contribution is -2.32. The number of amides is 1. The molecular formula is C13H16N2O3. The number of aromatic nitrogens is 1. The van der Waals surface area contributed by atoms with E-state index in [1.807, 2.05) is 6.92 Å². The van der Waals surface area contributed by atoms with E-state index in [4.69, 9.17) is 5.11 Å². The van der Waals surface area contributed by atoms with E-state index >= 15 is 0 Å². The van der Waals surface area contributed by atoms with Crippen LogP contribution in [0.4, 0.5) is 0 Å². The fraction of sp³-hybridized carbons (Fsp3) is 0.308. The highest BCUT2D eigenvalue weighted by atomic mass is 16.4. The van der Waals surface area contributed by atoms with Crippen molar-refractivity contribution in [3.05, 3.63) is 42.2 Å². The van der Waals surface area contributed by atoms with Crippen LogP contribution in [0.2, 0.25) is 0 Å². The van der Waals surface area contributed by atoms with Gasteiger partial charge >= 0.3 is 5.97 Å². The fourth-order valence-electron chi connectivity index (χ4n) is 1.51. The summed E-state index contributed by atoms with van der Waals surface area (Å²) in [5, 5.41) is 8.74. The number of hydrogen-bond acceptors (Lipinski definition) is 3. The summed E-state index contributed by atoms with van der Waals surface area (Å²) in [6, 6.07) is 2.80. The van der Waals surface area contributed by atoms with Gasteiger partial charge in [-0.05, 0) is 18.6 Å². The first-order valence-electron chi connectivity index (χ1n) is 5.69. The van der Waals surface area contributed by atoms with Crippen molar-refractivity contribution in [2.45, 2.75) is 13.3 Å². The minimum Gasteiger partial charge on any atom is -0.478 e. The van der Waals surface area contributed by atoms with Crippen molar-refractivity contribution in [2.75, 3.05) is 13.1 Å². The maximum absolute atomic E-state index is 12.1. The molecule has 0 aliphatic carbocycles. The number of carboxylic acids is 1. The molecule has 1 N–H and O–H groups in total. The molecule has 0 aliphatic rings. The molecule has 96 valence electrons. The molecule has 0 spiro atoms. The minimum absolute atomic E-state index is 0.0670. The topological polar surface area (TPSA) is 70.5 Å². The molecule has 0 atom stereocenters. The molecule has 0 aromatic carbocycles. The van der Waals surface area contributed by atoms with Gasteiger partial charge < -0.3 is 10.0 Å². The van der Waals surface area contributed by atoms with E-state index in [9.17, 15) is 9.59 Å². The molecule has 0 radical (unpaired) electrons. The smallest absolute Gasteiger partial charge is 0.337 e. The zero-order valence-corrected chi connectivity index (χ0v) is 10.3. The van der Waals surface area contributed by atoms with Gasteiger partial charge in [-0.2, -0.15) is 0 Å². The van der Waals surface area contributed by atoms with Crippen molar-refractivity contribution in [1.82, 2.24) is 9.88 Å². The number of aromatic carboxylic acids is 1. The SMILES string of the molecule is C=CCN(CCC)C(=O)c1ccc(C(=O)O)cn1. The lowest BCUT2D eigenvalue weighted by Gasteiger charge is -2.19. The van der Waals surface area contributed by atoms with Gasteiger partial charge in [0, 0.05) is 19.3 Å².